The highest BCUT2D eigenvalue weighted by Gasteiger charge is 2.05. The summed E-state index contributed by atoms with van der Waals surface area (Å²) in [6.07, 6.45) is 5.35. The zero-order valence-corrected chi connectivity index (χ0v) is 10.9. The molecule has 1 N–H and O–H groups in total. The molecule has 0 saturated carbocycles. The van der Waals surface area contributed by atoms with Gasteiger partial charge in [0.25, 0.3) is 0 Å². The number of nitrogens with one attached hydrogen (secondary N) is 1. The molecule has 1 aromatic rings. The predicted molar refractivity (Wildman–Crippen MR) is 73.0 cm³/mol. The Morgan fingerprint density at radius 1 is 1.12 bits per heavy atom. The molecule has 0 amide bonds. The normalized spacial score (nSPS) is 10.2. The number of nitriles is 1. The molecule has 0 radical (unpaired) electrons. The molecule has 0 spiro atoms. The molecule has 0 atom stereocenters. The van der Waals surface area contributed by atoms with Crippen molar-refractivity contribution in [3.63, 3.8) is 0 Å². The summed E-state index contributed by atoms with van der Waals surface area (Å²) in [4.78, 5) is 0. The first-order valence-electron chi connectivity index (χ1n) is 6.52. The van der Waals surface area contributed by atoms with E-state index in [2.05, 4.69) is 37.4 Å². The van der Waals surface area contributed by atoms with E-state index in [0.29, 0.717) is 12.5 Å². The van der Waals surface area contributed by atoms with Gasteiger partial charge in [-0.05, 0) is 30.5 Å². The van der Waals surface area contributed by atoms with Crippen molar-refractivity contribution >= 4 is 5.69 Å². The standard InChI is InChI=1S/C15H22N2/c1-3-5-14(6-4-2)17-15-9-7-13(8-10-15)11-12-16/h7-10,14,17H,3-6,11H2,1-2H3. The molecule has 0 aliphatic heterocycles. The highest BCUT2D eigenvalue weighted by Crippen LogP contribution is 2.15. The summed E-state index contributed by atoms with van der Waals surface area (Å²) in [6.45, 7) is 4.45. The molecule has 0 unspecified atom stereocenters. The average Bonchev–Trinajstić information content (AvgIpc) is 2.33. The third kappa shape index (κ3) is 4.91. The van der Waals surface area contributed by atoms with Crippen LogP contribution in [0.25, 0.3) is 0 Å². The van der Waals surface area contributed by atoms with Gasteiger partial charge in [0, 0.05) is 11.7 Å². The fourth-order valence-corrected chi connectivity index (χ4v) is 2.03. The van der Waals surface area contributed by atoms with Crippen LogP contribution in [0.2, 0.25) is 0 Å². The number of nitrogens with zero attached hydrogens (tertiary/aromatic N) is 1. The van der Waals surface area contributed by atoms with Gasteiger partial charge in [0.1, 0.15) is 0 Å². The van der Waals surface area contributed by atoms with Gasteiger partial charge >= 0.3 is 0 Å². The van der Waals surface area contributed by atoms with Crippen LogP contribution in [0.3, 0.4) is 0 Å². The Kier molecular flexibility index (Phi) is 6.17. The Labute approximate surface area is 105 Å². The van der Waals surface area contributed by atoms with Crippen molar-refractivity contribution in [2.45, 2.75) is 52.0 Å². The van der Waals surface area contributed by atoms with Crippen LogP contribution in [0.15, 0.2) is 24.3 Å². The lowest BCUT2D eigenvalue weighted by molar-refractivity contribution is 0.586. The molecule has 92 valence electrons. The van der Waals surface area contributed by atoms with Gasteiger partial charge in [-0.1, -0.05) is 38.8 Å². The van der Waals surface area contributed by atoms with E-state index >= 15 is 0 Å². The summed E-state index contributed by atoms with van der Waals surface area (Å²) < 4.78 is 0. The average molecular weight is 230 g/mol. The SMILES string of the molecule is CCCC(CCC)Nc1ccc(CC#N)cc1. The molecule has 0 bridgehead atoms. The topological polar surface area (TPSA) is 35.8 Å². The van der Waals surface area contributed by atoms with Crippen molar-refractivity contribution in [1.82, 2.24) is 0 Å². The number of benzene rings is 1. The van der Waals surface area contributed by atoms with Gasteiger partial charge in [-0.2, -0.15) is 5.26 Å². The van der Waals surface area contributed by atoms with Crippen LogP contribution in [0.4, 0.5) is 5.69 Å². The van der Waals surface area contributed by atoms with Crippen LogP contribution in [-0.2, 0) is 6.42 Å². The van der Waals surface area contributed by atoms with Crippen molar-refractivity contribution in [1.29, 1.82) is 5.26 Å². The van der Waals surface area contributed by atoms with E-state index in [1.807, 2.05) is 12.1 Å². The highest BCUT2D eigenvalue weighted by molar-refractivity contribution is 5.45. The molecule has 1 rings (SSSR count). The molecule has 0 fully saturated rings. The van der Waals surface area contributed by atoms with Gasteiger partial charge in [0.05, 0.1) is 12.5 Å². The number of rotatable bonds is 7. The van der Waals surface area contributed by atoms with E-state index in [4.69, 9.17) is 5.26 Å². The van der Waals surface area contributed by atoms with E-state index in [1.54, 1.807) is 0 Å². The molecule has 2 nitrogen and oxygen atoms in total. The van der Waals surface area contributed by atoms with Crippen molar-refractivity contribution in [2.24, 2.45) is 0 Å². The molecule has 0 aliphatic carbocycles. The lowest BCUT2D eigenvalue weighted by atomic mass is 10.1. The Morgan fingerprint density at radius 2 is 1.71 bits per heavy atom. The monoisotopic (exact) mass is 230 g/mol. The molecular formula is C15H22N2. The lowest BCUT2D eigenvalue weighted by Crippen LogP contribution is -2.18. The number of anilines is 1. The van der Waals surface area contributed by atoms with Gasteiger partial charge < -0.3 is 5.32 Å². The minimum absolute atomic E-state index is 0.494. The molecule has 0 saturated heterocycles. The van der Waals surface area contributed by atoms with E-state index in [9.17, 15) is 0 Å². The van der Waals surface area contributed by atoms with Gasteiger partial charge in [-0.3, -0.25) is 0 Å². The molecular weight excluding hydrogens is 208 g/mol. The predicted octanol–water partition coefficient (Wildman–Crippen LogP) is 4.13. The Morgan fingerprint density at radius 3 is 2.18 bits per heavy atom. The quantitative estimate of drug-likeness (QED) is 0.764. The summed E-state index contributed by atoms with van der Waals surface area (Å²) >= 11 is 0. The first-order valence-corrected chi connectivity index (χ1v) is 6.52. The first kappa shape index (κ1) is 13.6. The highest BCUT2D eigenvalue weighted by atomic mass is 14.9. The van der Waals surface area contributed by atoms with Crippen molar-refractivity contribution in [3.05, 3.63) is 29.8 Å². The zero-order valence-electron chi connectivity index (χ0n) is 10.9. The maximum absolute atomic E-state index is 8.61. The summed E-state index contributed by atoms with van der Waals surface area (Å²) in [5.74, 6) is 0. The molecule has 17 heavy (non-hydrogen) atoms. The van der Waals surface area contributed by atoms with E-state index < -0.39 is 0 Å². The summed E-state index contributed by atoms with van der Waals surface area (Å²) in [6, 6.07) is 10.9. The van der Waals surface area contributed by atoms with Crippen LogP contribution in [0.5, 0.6) is 0 Å². The van der Waals surface area contributed by atoms with Gasteiger partial charge in [0.15, 0.2) is 0 Å². The van der Waals surface area contributed by atoms with Gasteiger partial charge in [-0.25, -0.2) is 0 Å². The Bertz CT molecular complexity index is 342. The van der Waals surface area contributed by atoms with Crippen molar-refractivity contribution in [2.75, 3.05) is 5.32 Å². The summed E-state index contributed by atoms with van der Waals surface area (Å²) in [5.41, 5.74) is 2.25. The third-order valence-corrected chi connectivity index (χ3v) is 2.88. The fraction of sp³-hybridized carbons (Fsp3) is 0.533. The van der Waals surface area contributed by atoms with Crippen LogP contribution < -0.4 is 5.32 Å². The van der Waals surface area contributed by atoms with E-state index in [-0.39, 0.29) is 0 Å². The maximum Gasteiger partial charge on any atom is 0.0669 e. The first-order chi connectivity index (χ1) is 8.30. The lowest BCUT2D eigenvalue weighted by Gasteiger charge is -2.18. The van der Waals surface area contributed by atoms with Crippen LogP contribution in [0.1, 0.15) is 45.1 Å². The van der Waals surface area contributed by atoms with Crippen molar-refractivity contribution in [3.8, 4) is 6.07 Å². The summed E-state index contributed by atoms with van der Waals surface area (Å²) in [7, 11) is 0. The van der Waals surface area contributed by atoms with E-state index in [0.717, 1.165) is 5.56 Å². The van der Waals surface area contributed by atoms with Crippen LogP contribution in [-0.4, -0.2) is 6.04 Å². The molecule has 0 aromatic heterocycles. The van der Waals surface area contributed by atoms with Crippen LogP contribution >= 0.6 is 0 Å². The molecule has 0 heterocycles. The second kappa shape index (κ2) is 7.73. The van der Waals surface area contributed by atoms with Gasteiger partial charge in [0.2, 0.25) is 0 Å². The second-order valence-electron chi connectivity index (χ2n) is 4.45. The number of hydrogen-bond acceptors (Lipinski definition) is 2. The Balaban J connectivity index is 2.57. The smallest absolute Gasteiger partial charge is 0.0669 e. The Hall–Kier alpha value is -1.49. The minimum Gasteiger partial charge on any atom is -0.382 e. The minimum atomic E-state index is 0.494. The van der Waals surface area contributed by atoms with E-state index in [1.165, 1.54) is 31.4 Å². The van der Waals surface area contributed by atoms with Gasteiger partial charge in [-0.15, -0.1) is 0 Å². The van der Waals surface area contributed by atoms with Crippen molar-refractivity contribution < 1.29 is 0 Å². The fourth-order valence-electron chi connectivity index (χ4n) is 2.03. The third-order valence-electron chi connectivity index (χ3n) is 2.88. The molecule has 1 aromatic carbocycles. The number of hydrogen-bond donors (Lipinski definition) is 1. The zero-order chi connectivity index (χ0) is 12.5. The molecule has 0 aliphatic rings. The largest absolute Gasteiger partial charge is 0.382 e. The molecule has 2 heteroatoms. The van der Waals surface area contributed by atoms with Crippen LogP contribution in [0, 0.1) is 11.3 Å². The second-order valence-corrected chi connectivity index (χ2v) is 4.45. The summed E-state index contributed by atoms with van der Waals surface area (Å²) in [5, 5.41) is 12.2. The maximum atomic E-state index is 8.61.